The summed E-state index contributed by atoms with van der Waals surface area (Å²) in [7, 11) is 1.92. The number of rotatable bonds is 5. The number of hydrogen-bond donors (Lipinski definition) is 0. The second-order valence-electron chi connectivity index (χ2n) is 7.51. The SMILES string of the molecule is Cn1cc(CN2CC2COc2cccc3c2C(=O)CC(C)(C)O3)cn1. The molecule has 25 heavy (non-hydrogen) atoms. The summed E-state index contributed by atoms with van der Waals surface area (Å²) < 4.78 is 13.7. The fourth-order valence-electron chi connectivity index (χ4n) is 3.35. The summed E-state index contributed by atoms with van der Waals surface area (Å²) in [5.74, 6) is 1.35. The molecular weight excluding hydrogens is 318 g/mol. The third-order valence-electron chi connectivity index (χ3n) is 4.64. The highest BCUT2D eigenvalue weighted by molar-refractivity contribution is 6.02. The van der Waals surface area contributed by atoms with E-state index in [1.165, 1.54) is 5.56 Å². The summed E-state index contributed by atoms with van der Waals surface area (Å²) in [5, 5.41) is 4.19. The molecule has 4 rings (SSSR count). The number of carbonyl (C=O) groups excluding carboxylic acids is 1. The van der Waals surface area contributed by atoms with Crippen molar-refractivity contribution in [1.82, 2.24) is 14.7 Å². The van der Waals surface area contributed by atoms with Crippen LogP contribution in [0.1, 0.15) is 36.2 Å². The molecule has 1 aromatic carbocycles. The maximum atomic E-state index is 12.5. The number of Topliss-reactive ketones (excluding diaryl/α,β-unsaturated/α-hetero) is 1. The van der Waals surface area contributed by atoms with Crippen molar-refractivity contribution in [2.24, 2.45) is 7.05 Å². The van der Waals surface area contributed by atoms with Gasteiger partial charge in [0.2, 0.25) is 0 Å². The van der Waals surface area contributed by atoms with Gasteiger partial charge in [-0.15, -0.1) is 0 Å². The van der Waals surface area contributed by atoms with Gasteiger partial charge < -0.3 is 9.47 Å². The summed E-state index contributed by atoms with van der Waals surface area (Å²) in [4.78, 5) is 14.8. The van der Waals surface area contributed by atoms with Crippen LogP contribution >= 0.6 is 0 Å². The molecular formula is C19H23N3O3. The number of carbonyl (C=O) groups is 1. The van der Waals surface area contributed by atoms with E-state index in [1.54, 1.807) is 0 Å². The zero-order valence-electron chi connectivity index (χ0n) is 14.9. The van der Waals surface area contributed by atoms with E-state index in [-0.39, 0.29) is 5.78 Å². The topological polar surface area (TPSA) is 56.4 Å². The quantitative estimate of drug-likeness (QED) is 0.782. The third-order valence-corrected chi connectivity index (χ3v) is 4.64. The molecule has 2 atom stereocenters. The van der Waals surface area contributed by atoms with Crippen molar-refractivity contribution in [3.63, 3.8) is 0 Å². The van der Waals surface area contributed by atoms with Gasteiger partial charge in [0, 0.05) is 31.9 Å². The van der Waals surface area contributed by atoms with Crippen LogP contribution in [0.15, 0.2) is 30.6 Å². The van der Waals surface area contributed by atoms with Crippen molar-refractivity contribution < 1.29 is 14.3 Å². The van der Waals surface area contributed by atoms with Gasteiger partial charge in [-0.3, -0.25) is 14.4 Å². The van der Waals surface area contributed by atoms with Crippen LogP contribution < -0.4 is 9.47 Å². The van der Waals surface area contributed by atoms with Gasteiger partial charge >= 0.3 is 0 Å². The zero-order valence-corrected chi connectivity index (χ0v) is 14.9. The maximum absolute atomic E-state index is 12.5. The smallest absolute Gasteiger partial charge is 0.174 e. The van der Waals surface area contributed by atoms with E-state index in [1.807, 2.05) is 56.2 Å². The molecule has 2 aliphatic heterocycles. The first-order valence-corrected chi connectivity index (χ1v) is 8.61. The predicted molar refractivity (Wildman–Crippen MR) is 93.0 cm³/mol. The van der Waals surface area contributed by atoms with Crippen molar-refractivity contribution in [2.75, 3.05) is 13.2 Å². The van der Waals surface area contributed by atoms with Gasteiger partial charge in [-0.05, 0) is 26.0 Å². The number of aromatic nitrogens is 2. The normalized spacial score (nSPS) is 23.7. The third kappa shape index (κ3) is 3.39. The van der Waals surface area contributed by atoms with E-state index in [0.717, 1.165) is 13.1 Å². The number of aryl methyl sites for hydroxylation is 1. The first-order valence-electron chi connectivity index (χ1n) is 8.61. The Balaban J connectivity index is 1.39. The first-order chi connectivity index (χ1) is 11.9. The van der Waals surface area contributed by atoms with Gasteiger partial charge in [-0.2, -0.15) is 5.10 Å². The second-order valence-corrected chi connectivity index (χ2v) is 7.51. The molecule has 1 fully saturated rings. The highest BCUT2D eigenvalue weighted by Crippen LogP contribution is 2.38. The van der Waals surface area contributed by atoms with Crippen molar-refractivity contribution in [3.05, 3.63) is 41.7 Å². The molecule has 0 spiro atoms. The lowest BCUT2D eigenvalue weighted by atomic mass is 9.92. The van der Waals surface area contributed by atoms with Gasteiger partial charge in [-0.25, -0.2) is 0 Å². The Labute approximate surface area is 147 Å². The van der Waals surface area contributed by atoms with Crippen molar-refractivity contribution in [3.8, 4) is 11.5 Å². The van der Waals surface area contributed by atoms with E-state index in [2.05, 4.69) is 10.00 Å². The first kappa shape index (κ1) is 16.1. The molecule has 0 saturated carbocycles. The summed E-state index contributed by atoms with van der Waals surface area (Å²) in [6.07, 6.45) is 4.29. The zero-order chi connectivity index (χ0) is 17.6. The summed E-state index contributed by atoms with van der Waals surface area (Å²) in [5.41, 5.74) is 1.33. The highest BCUT2D eigenvalue weighted by atomic mass is 16.5. The van der Waals surface area contributed by atoms with Crippen LogP contribution in [-0.2, 0) is 13.6 Å². The van der Waals surface area contributed by atoms with E-state index in [9.17, 15) is 4.79 Å². The summed E-state index contributed by atoms with van der Waals surface area (Å²) >= 11 is 0. The Morgan fingerprint density at radius 1 is 1.40 bits per heavy atom. The van der Waals surface area contributed by atoms with Gasteiger partial charge in [0.25, 0.3) is 0 Å². The lowest BCUT2D eigenvalue weighted by molar-refractivity contribution is 0.0612. The van der Waals surface area contributed by atoms with Gasteiger partial charge in [-0.1, -0.05) is 6.07 Å². The van der Waals surface area contributed by atoms with Crippen LogP contribution in [0.4, 0.5) is 0 Å². The van der Waals surface area contributed by atoms with Gasteiger partial charge in [0.1, 0.15) is 29.3 Å². The molecule has 0 amide bonds. The van der Waals surface area contributed by atoms with Crippen LogP contribution in [0.5, 0.6) is 11.5 Å². The van der Waals surface area contributed by atoms with E-state index in [0.29, 0.717) is 36.1 Å². The van der Waals surface area contributed by atoms with Crippen LogP contribution in [-0.4, -0.2) is 45.3 Å². The lowest BCUT2D eigenvalue weighted by Gasteiger charge is -2.32. The molecule has 1 saturated heterocycles. The van der Waals surface area contributed by atoms with Crippen molar-refractivity contribution >= 4 is 5.78 Å². The fourth-order valence-corrected chi connectivity index (χ4v) is 3.35. The molecule has 0 aliphatic carbocycles. The monoisotopic (exact) mass is 341 g/mol. The predicted octanol–water partition coefficient (Wildman–Crippen LogP) is 2.43. The number of hydrogen-bond acceptors (Lipinski definition) is 5. The van der Waals surface area contributed by atoms with Crippen LogP contribution in [0, 0.1) is 0 Å². The molecule has 3 heterocycles. The van der Waals surface area contributed by atoms with Gasteiger partial charge in [0.05, 0.1) is 18.7 Å². The maximum Gasteiger partial charge on any atom is 0.174 e. The standard InChI is InChI=1S/C19H23N3O3/c1-19(2)7-15(23)18-16(5-4-6-17(18)25-19)24-12-14-11-22(14)10-13-8-20-21(3)9-13/h4-6,8-9,14H,7,10-12H2,1-3H3. The van der Waals surface area contributed by atoms with E-state index < -0.39 is 5.60 Å². The van der Waals surface area contributed by atoms with E-state index in [4.69, 9.17) is 9.47 Å². The minimum absolute atomic E-state index is 0.0878. The Hall–Kier alpha value is -2.34. The average Bonchev–Trinajstić information content (AvgIpc) is 3.13. The number of benzene rings is 1. The molecule has 0 bridgehead atoms. The summed E-state index contributed by atoms with van der Waals surface area (Å²) in [6, 6.07) is 5.95. The van der Waals surface area contributed by atoms with Crippen LogP contribution in [0.2, 0.25) is 0 Å². The Morgan fingerprint density at radius 2 is 2.24 bits per heavy atom. The fraction of sp³-hybridized carbons (Fsp3) is 0.474. The van der Waals surface area contributed by atoms with E-state index >= 15 is 0 Å². The van der Waals surface area contributed by atoms with Gasteiger partial charge in [0.15, 0.2) is 5.78 Å². The van der Waals surface area contributed by atoms with Crippen LogP contribution in [0.3, 0.4) is 0 Å². The molecule has 6 heteroatoms. The number of ether oxygens (including phenoxy) is 2. The molecule has 2 unspecified atom stereocenters. The molecule has 132 valence electrons. The average molecular weight is 341 g/mol. The lowest BCUT2D eigenvalue weighted by Crippen LogP contribution is -2.36. The number of nitrogens with zero attached hydrogens (tertiary/aromatic N) is 3. The van der Waals surface area contributed by atoms with Crippen molar-refractivity contribution in [2.45, 2.75) is 38.5 Å². The molecule has 2 aliphatic rings. The molecule has 0 N–H and O–H groups in total. The largest absolute Gasteiger partial charge is 0.491 e. The Bertz CT molecular complexity index is 812. The highest BCUT2D eigenvalue weighted by Gasteiger charge is 2.37. The Kier molecular flexibility index (Phi) is 3.80. The second kappa shape index (κ2) is 5.88. The molecule has 1 aromatic heterocycles. The number of ketones is 1. The van der Waals surface area contributed by atoms with Crippen molar-refractivity contribution in [1.29, 1.82) is 0 Å². The number of fused-ring (bicyclic) bond motifs is 1. The van der Waals surface area contributed by atoms with Crippen LogP contribution in [0.25, 0.3) is 0 Å². The molecule has 2 aromatic rings. The minimum atomic E-state index is -0.459. The summed E-state index contributed by atoms with van der Waals surface area (Å²) in [6.45, 7) is 6.32. The minimum Gasteiger partial charge on any atom is -0.491 e. The molecule has 6 nitrogen and oxygen atoms in total. The molecule has 0 radical (unpaired) electrons. The Morgan fingerprint density at radius 3 is 3.00 bits per heavy atom.